The van der Waals surface area contributed by atoms with Crippen LogP contribution in [0.5, 0.6) is 0 Å². The first-order chi connectivity index (χ1) is 14.2. The van der Waals surface area contributed by atoms with E-state index in [0.29, 0.717) is 28.9 Å². The molecule has 0 spiro atoms. The van der Waals surface area contributed by atoms with Crippen molar-refractivity contribution in [3.8, 4) is 23.1 Å². The number of hydrogen-bond acceptors (Lipinski definition) is 6. The van der Waals surface area contributed by atoms with Gasteiger partial charge in [-0.05, 0) is 44.3 Å². The maximum atomic E-state index is 12.0. The molecule has 0 aliphatic heterocycles. The van der Waals surface area contributed by atoms with Gasteiger partial charge < -0.3 is 10.5 Å². The molecule has 1 unspecified atom stereocenters. The molecule has 0 aliphatic carbocycles. The van der Waals surface area contributed by atoms with Gasteiger partial charge in [-0.1, -0.05) is 18.8 Å². The lowest BCUT2D eigenvalue weighted by atomic mass is 10.0. The van der Waals surface area contributed by atoms with Crippen molar-refractivity contribution in [3.05, 3.63) is 58.8 Å². The average Bonchev–Trinajstić information content (AvgIpc) is 2.67. The molecule has 0 radical (unpaired) electrons. The van der Waals surface area contributed by atoms with Crippen molar-refractivity contribution in [2.75, 3.05) is 16.7 Å². The van der Waals surface area contributed by atoms with E-state index in [1.807, 2.05) is 39.0 Å². The summed E-state index contributed by atoms with van der Waals surface area (Å²) in [6.45, 7) is 5.74. The van der Waals surface area contributed by atoms with Gasteiger partial charge in [-0.3, -0.25) is 9.97 Å². The first-order valence-electron chi connectivity index (χ1n) is 9.34. The molecule has 3 heterocycles. The SMILES string of the molecule is C=S(C)(=O)Nc1cc(C#Cc2c(CC)nc(N)nc2-c2ccnc(C)c2)cnc1C. The van der Waals surface area contributed by atoms with Gasteiger partial charge in [-0.2, -0.15) is 0 Å². The molecule has 0 aliphatic rings. The van der Waals surface area contributed by atoms with E-state index in [2.05, 4.69) is 42.4 Å². The largest absolute Gasteiger partial charge is 0.368 e. The minimum Gasteiger partial charge on any atom is -0.368 e. The Kier molecular flexibility index (Phi) is 6.04. The molecule has 3 aromatic heterocycles. The van der Waals surface area contributed by atoms with E-state index in [-0.39, 0.29) is 5.95 Å². The third kappa shape index (κ3) is 5.13. The average molecular weight is 421 g/mol. The molecule has 0 saturated heterocycles. The summed E-state index contributed by atoms with van der Waals surface area (Å²) in [7, 11) is -2.42. The van der Waals surface area contributed by atoms with E-state index in [1.54, 1.807) is 12.4 Å². The van der Waals surface area contributed by atoms with E-state index < -0.39 is 9.71 Å². The molecule has 154 valence electrons. The number of anilines is 2. The van der Waals surface area contributed by atoms with Gasteiger partial charge in [0.05, 0.1) is 28.3 Å². The molecule has 0 bridgehead atoms. The monoisotopic (exact) mass is 420 g/mol. The molecule has 8 heteroatoms. The van der Waals surface area contributed by atoms with E-state index in [1.165, 1.54) is 6.26 Å². The van der Waals surface area contributed by atoms with Crippen LogP contribution in [0.4, 0.5) is 11.6 Å². The van der Waals surface area contributed by atoms with E-state index in [4.69, 9.17) is 5.73 Å². The fourth-order valence-corrected chi connectivity index (χ4v) is 3.56. The number of nitrogens with two attached hydrogens (primary N) is 1. The second kappa shape index (κ2) is 8.51. The minimum atomic E-state index is -2.42. The van der Waals surface area contributed by atoms with Crippen molar-refractivity contribution in [1.82, 2.24) is 19.9 Å². The molecule has 0 aromatic carbocycles. The van der Waals surface area contributed by atoms with Gasteiger partial charge in [-0.25, -0.2) is 14.2 Å². The second-order valence-corrected chi connectivity index (χ2v) is 9.22. The highest BCUT2D eigenvalue weighted by Crippen LogP contribution is 2.25. The number of nitrogens with zero attached hydrogens (tertiary/aromatic N) is 4. The number of rotatable bonds is 4. The summed E-state index contributed by atoms with van der Waals surface area (Å²) in [4.78, 5) is 17.4. The predicted molar refractivity (Wildman–Crippen MR) is 124 cm³/mol. The van der Waals surface area contributed by atoms with Crippen molar-refractivity contribution in [2.24, 2.45) is 0 Å². The molecule has 3 rings (SSSR count). The predicted octanol–water partition coefficient (Wildman–Crippen LogP) is 2.77. The van der Waals surface area contributed by atoms with Crippen LogP contribution >= 0.6 is 0 Å². The highest BCUT2D eigenvalue weighted by molar-refractivity contribution is 8.00. The Balaban J connectivity index is 2.13. The van der Waals surface area contributed by atoms with E-state index in [9.17, 15) is 4.21 Å². The molecule has 1 atom stereocenters. The Bertz CT molecular complexity index is 1270. The van der Waals surface area contributed by atoms with Crippen LogP contribution in [0.3, 0.4) is 0 Å². The van der Waals surface area contributed by atoms with Crippen molar-refractivity contribution in [1.29, 1.82) is 0 Å². The number of pyridine rings is 2. The van der Waals surface area contributed by atoms with E-state index in [0.717, 1.165) is 22.6 Å². The maximum absolute atomic E-state index is 12.0. The van der Waals surface area contributed by atoms with Crippen molar-refractivity contribution in [3.63, 3.8) is 0 Å². The third-order valence-corrected chi connectivity index (χ3v) is 4.90. The lowest BCUT2D eigenvalue weighted by Gasteiger charge is -2.10. The van der Waals surface area contributed by atoms with Gasteiger partial charge in [0.2, 0.25) is 5.95 Å². The topological polar surface area (TPSA) is 107 Å². The summed E-state index contributed by atoms with van der Waals surface area (Å²) in [6.07, 6.45) is 5.60. The van der Waals surface area contributed by atoms with Crippen molar-refractivity contribution < 1.29 is 4.21 Å². The maximum Gasteiger partial charge on any atom is 0.220 e. The van der Waals surface area contributed by atoms with Gasteiger partial charge in [0.15, 0.2) is 0 Å². The Labute approximate surface area is 177 Å². The molecule has 7 nitrogen and oxygen atoms in total. The number of hydrogen-bond donors (Lipinski definition) is 2. The van der Waals surface area contributed by atoms with Crippen LogP contribution in [-0.2, 0) is 16.1 Å². The van der Waals surface area contributed by atoms with Crippen LogP contribution in [0.1, 0.15) is 35.1 Å². The zero-order chi connectivity index (χ0) is 21.9. The summed E-state index contributed by atoms with van der Waals surface area (Å²) in [5, 5.41) is 0. The number of aryl methyl sites for hydroxylation is 3. The van der Waals surface area contributed by atoms with Gasteiger partial charge in [0, 0.05) is 45.2 Å². The molecule has 30 heavy (non-hydrogen) atoms. The van der Waals surface area contributed by atoms with Crippen LogP contribution in [0.25, 0.3) is 11.3 Å². The van der Waals surface area contributed by atoms with Gasteiger partial charge in [0.1, 0.15) is 0 Å². The summed E-state index contributed by atoms with van der Waals surface area (Å²) >= 11 is 0. The molecular weight excluding hydrogens is 396 g/mol. The lowest BCUT2D eigenvalue weighted by molar-refractivity contribution is 0.688. The normalized spacial score (nSPS) is 12.5. The highest BCUT2D eigenvalue weighted by Gasteiger charge is 2.13. The molecule has 3 N–H and O–H groups in total. The Morgan fingerprint density at radius 3 is 2.63 bits per heavy atom. The Morgan fingerprint density at radius 1 is 1.20 bits per heavy atom. The first kappa shape index (κ1) is 21.3. The minimum absolute atomic E-state index is 0.207. The summed E-state index contributed by atoms with van der Waals surface area (Å²) in [5.41, 5.74) is 11.9. The molecule has 3 aromatic rings. The molecule has 0 saturated carbocycles. The van der Waals surface area contributed by atoms with E-state index >= 15 is 0 Å². The summed E-state index contributed by atoms with van der Waals surface area (Å²) in [5.74, 6) is 10.2. The van der Waals surface area contributed by atoms with Crippen LogP contribution in [0.15, 0.2) is 30.6 Å². The lowest BCUT2D eigenvalue weighted by Crippen LogP contribution is -2.11. The van der Waals surface area contributed by atoms with Gasteiger partial charge >= 0.3 is 0 Å². The molecule has 0 fully saturated rings. The third-order valence-electron chi connectivity index (χ3n) is 4.25. The molecular formula is C22H24N6OS. The molecule has 0 amide bonds. The van der Waals surface area contributed by atoms with Crippen molar-refractivity contribution in [2.45, 2.75) is 27.2 Å². The zero-order valence-corrected chi connectivity index (χ0v) is 18.3. The zero-order valence-electron chi connectivity index (χ0n) is 17.5. The standard InChI is InChI=1S/C22H24N6OS/c1-6-19-18(21(27-22(23)26-19)17-9-10-24-14(2)11-17)8-7-16-12-20(15(3)25-13-16)28-30(4,5)29/h9-13H,4,6H2,1-3,5H3,(H,28,29)(H2,23,26,27). The summed E-state index contributed by atoms with van der Waals surface area (Å²) in [6, 6.07) is 5.62. The first-order valence-corrected chi connectivity index (χ1v) is 11.5. The highest BCUT2D eigenvalue weighted by atomic mass is 32.2. The van der Waals surface area contributed by atoms with Gasteiger partial charge in [-0.15, -0.1) is 0 Å². The smallest absolute Gasteiger partial charge is 0.220 e. The second-order valence-electron chi connectivity index (χ2n) is 7.01. The van der Waals surface area contributed by atoms with Gasteiger partial charge in [0.25, 0.3) is 0 Å². The number of nitrogen functional groups attached to an aromatic ring is 1. The Hall–Kier alpha value is -3.44. The fourth-order valence-electron chi connectivity index (χ4n) is 2.89. The fraction of sp³-hybridized carbons (Fsp3) is 0.227. The number of nitrogens with one attached hydrogen (secondary N) is 1. The van der Waals surface area contributed by atoms with Crippen LogP contribution in [0, 0.1) is 25.7 Å². The van der Waals surface area contributed by atoms with Crippen molar-refractivity contribution >= 4 is 27.2 Å². The van der Waals surface area contributed by atoms with Crippen LogP contribution in [0.2, 0.25) is 0 Å². The Morgan fingerprint density at radius 2 is 1.97 bits per heavy atom. The van der Waals surface area contributed by atoms with Crippen LogP contribution < -0.4 is 10.5 Å². The number of aromatic nitrogens is 4. The summed E-state index contributed by atoms with van der Waals surface area (Å²) < 4.78 is 14.9. The van der Waals surface area contributed by atoms with Crippen LogP contribution in [-0.4, -0.2) is 36.3 Å². The quantitative estimate of drug-likeness (QED) is 0.496.